The molecular weight excluding hydrogens is 278 g/mol. The summed E-state index contributed by atoms with van der Waals surface area (Å²) in [5, 5.41) is 21.6. The van der Waals surface area contributed by atoms with Gasteiger partial charge in [-0.15, -0.1) is 0 Å². The molecule has 0 unspecified atom stereocenters. The lowest BCUT2D eigenvalue weighted by Gasteiger charge is -2.19. The van der Waals surface area contributed by atoms with Gasteiger partial charge in [-0.2, -0.15) is 0 Å². The molecule has 0 radical (unpaired) electrons. The summed E-state index contributed by atoms with van der Waals surface area (Å²) in [5.41, 5.74) is -1.19. The Bertz CT molecular complexity index is 577. The normalized spacial score (nSPS) is 15.4. The summed E-state index contributed by atoms with van der Waals surface area (Å²) < 4.78 is 5.13. The van der Waals surface area contributed by atoms with E-state index in [0.29, 0.717) is 0 Å². The number of carbonyl (C=O) groups is 2. The first kappa shape index (κ1) is 15.0. The van der Waals surface area contributed by atoms with Gasteiger partial charge in [-0.1, -0.05) is 19.3 Å². The van der Waals surface area contributed by atoms with Gasteiger partial charge in [0.25, 0.3) is 5.69 Å². The van der Waals surface area contributed by atoms with Crippen molar-refractivity contribution in [3.63, 3.8) is 0 Å². The summed E-state index contributed by atoms with van der Waals surface area (Å²) in [6.07, 6.45) is 4.52. The van der Waals surface area contributed by atoms with Crippen LogP contribution in [0.1, 0.15) is 42.5 Å². The molecular formula is C14H14NO6-. The van der Waals surface area contributed by atoms with Crippen LogP contribution in [-0.2, 0) is 4.79 Å². The average Bonchev–Trinajstić information content (AvgIpc) is 2.47. The Balaban J connectivity index is 2.16. The van der Waals surface area contributed by atoms with Crippen molar-refractivity contribution in [3.05, 3.63) is 33.9 Å². The number of carboxylic acids is 1. The number of esters is 1. The van der Waals surface area contributed by atoms with Gasteiger partial charge in [0.2, 0.25) is 0 Å². The van der Waals surface area contributed by atoms with Crippen molar-refractivity contribution in [2.24, 2.45) is 5.92 Å². The third-order valence-electron chi connectivity index (χ3n) is 3.54. The van der Waals surface area contributed by atoms with Crippen LogP contribution in [-0.4, -0.2) is 16.9 Å². The number of rotatable bonds is 4. The van der Waals surface area contributed by atoms with Crippen molar-refractivity contribution >= 4 is 17.6 Å². The molecule has 1 aromatic carbocycles. The lowest BCUT2D eigenvalue weighted by atomic mass is 9.89. The number of hydrogen-bond acceptors (Lipinski definition) is 6. The highest BCUT2D eigenvalue weighted by Crippen LogP contribution is 2.27. The number of nitrogens with zero attached hydrogens (tertiary/aromatic N) is 1. The highest BCUT2D eigenvalue weighted by molar-refractivity contribution is 5.91. The zero-order valence-electron chi connectivity index (χ0n) is 11.2. The first-order valence-electron chi connectivity index (χ1n) is 6.70. The first-order chi connectivity index (χ1) is 9.99. The van der Waals surface area contributed by atoms with Crippen LogP contribution in [0.4, 0.5) is 5.69 Å². The fraction of sp³-hybridized carbons (Fsp3) is 0.429. The van der Waals surface area contributed by atoms with Crippen molar-refractivity contribution in [1.29, 1.82) is 0 Å². The molecule has 0 N–H and O–H groups in total. The number of aromatic carboxylic acids is 1. The van der Waals surface area contributed by atoms with E-state index in [1.807, 2.05) is 0 Å². The fourth-order valence-electron chi connectivity index (χ4n) is 2.44. The van der Waals surface area contributed by atoms with Crippen molar-refractivity contribution in [2.45, 2.75) is 32.1 Å². The molecule has 1 aromatic rings. The Kier molecular flexibility index (Phi) is 4.52. The zero-order chi connectivity index (χ0) is 15.4. The van der Waals surface area contributed by atoms with E-state index >= 15 is 0 Å². The van der Waals surface area contributed by atoms with E-state index in [2.05, 4.69) is 0 Å². The zero-order valence-corrected chi connectivity index (χ0v) is 11.2. The number of hydrogen-bond donors (Lipinski definition) is 0. The fourth-order valence-corrected chi connectivity index (χ4v) is 2.44. The van der Waals surface area contributed by atoms with Crippen molar-refractivity contribution < 1.29 is 24.4 Å². The van der Waals surface area contributed by atoms with Crippen molar-refractivity contribution in [1.82, 2.24) is 0 Å². The maximum atomic E-state index is 11.9. The van der Waals surface area contributed by atoms with Gasteiger partial charge in [-0.3, -0.25) is 14.9 Å². The van der Waals surface area contributed by atoms with Gasteiger partial charge in [0.05, 0.1) is 22.4 Å². The van der Waals surface area contributed by atoms with Gasteiger partial charge in [0.1, 0.15) is 5.75 Å². The minimum Gasteiger partial charge on any atom is -0.545 e. The number of nitro benzene ring substituents is 1. The van der Waals surface area contributed by atoms with Crippen LogP contribution in [0.3, 0.4) is 0 Å². The van der Waals surface area contributed by atoms with Gasteiger partial charge in [0, 0.05) is 6.07 Å². The van der Waals surface area contributed by atoms with E-state index in [1.165, 1.54) is 6.07 Å². The Hall–Kier alpha value is -2.44. The molecule has 0 spiro atoms. The predicted octanol–water partition coefficient (Wildman–Crippen LogP) is 1.44. The third kappa shape index (κ3) is 3.56. The monoisotopic (exact) mass is 292 g/mol. The molecule has 1 saturated carbocycles. The quantitative estimate of drug-likeness (QED) is 0.359. The van der Waals surface area contributed by atoms with Crippen LogP contribution < -0.4 is 9.84 Å². The summed E-state index contributed by atoms with van der Waals surface area (Å²) in [5.74, 6) is -2.32. The highest BCUT2D eigenvalue weighted by Gasteiger charge is 2.24. The summed E-state index contributed by atoms with van der Waals surface area (Å²) in [6, 6.07) is 3.16. The molecule has 0 aromatic heterocycles. The number of carbonyl (C=O) groups excluding carboxylic acids is 2. The Morgan fingerprint density at radius 2 is 1.86 bits per heavy atom. The molecule has 7 nitrogen and oxygen atoms in total. The van der Waals surface area contributed by atoms with Gasteiger partial charge < -0.3 is 14.6 Å². The molecule has 21 heavy (non-hydrogen) atoms. The largest absolute Gasteiger partial charge is 0.545 e. The molecule has 2 rings (SSSR count). The smallest absolute Gasteiger partial charge is 0.314 e. The van der Waals surface area contributed by atoms with Crippen LogP contribution in [0, 0.1) is 16.0 Å². The van der Waals surface area contributed by atoms with E-state index in [4.69, 9.17) is 4.74 Å². The Morgan fingerprint density at radius 3 is 2.43 bits per heavy atom. The molecule has 0 atom stereocenters. The lowest BCUT2D eigenvalue weighted by molar-refractivity contribution is -0.385. The number of carboxylic acid groups (broad SMARTS) is 1. The average molecular weight is 292 g/mol. The van der Waals surface area contributed by atoms with Crippen LogP contribution in [0.2, 0.25) is 0 Å². The summed E-state index contributed by atoms with van der Waals surface area (Å²) >= 11 is 0. The second-order valence-corrected chi connectivity index (χ2v) is 4.98. The summed E-state index contributed by atoms with van der Waals surface area (Å²) in [7, 11) is 0. The van der Waals surface area contributed by atoms with Crippen LogP contribution in [0.25, 0.3) is 0 Å². The molecule has 0 saturated heterocycles. The van der Waals surface area contributed by atoms with E-state index in [1.54, 1.807) is 0 Å². The topological polar surface area (TPSA) is 110 Å². The number of nitro groups is 1. The molecule has 7 heteroatoms. The van der Waals surface area contributed by atoms with Crippen LogP contribution in [0.5, 0.6) is 5.75 Å². The minimum atomic E-state index is -1.68. The predicted molar refractivity (Wildman–Crippen MR) is 69.6 cm³/mol. The maximum absolute atomic E-state index is 11.9. The molecule has 0 bridgehead atoms. The molecule has 0 amide bonds. The molecule has 0 heterocycles. The highest BCUT2D eigenvalue weighted by atomic mass is 16.6. The van der Waals surface area contributed by atoms with Crippen molar-refractivity contribution in [2.75, 3.05) is 0 Å². The van der Waals surface area contributed by atoms with Gasteiger partial charge in [0.15, 0.2) is 0 Å². The third-order valence-corrected chi connectivity index (χ3v) is 3.54. The van der Waals surface area contributed by atoms with Crippen molar-refractivity contribution in [3.8, 4) is 5.75 Å². The number of ether oxygens (including phenoxy) is 1. The second-order valence-electron chi connectivity index (χ2n) is 4.98. The molecule has 112 valence electrons. The SMILES string of the molecule is O=C([O-])c1cc(OC(=O)C2CCCCC2)ccc1[N+](=O)[O-]. The number of benzene rings is 1. The van der Waals surface area contributed by atoms with E-state index in [-0.39, 0.29) is 11.7 Å². The van der Waals surface area contributed by atoms with Gasteiger partial charge in [-0.05, 0) is 25.0 Å². The van der Waals surface area contributed by atoms with Gasteiger partial charge in [-0.25, -0.2) is 0 Å². The van der Waals surface area contributed by atoms with E-state index in [9.17, 15) is 24.8 Å². The molecule has 1 aliphatic carbocycles. The van der Waals surface area contributed by atoms with E-state index < -0.39 is 28.1 Å². The molecule has 1 aliphatic rings. The van der Waals surface area contributed by atoms with E-state index in [0.717, 1.165) is 44.2 Å². The minimum absolute atomic E-state index is 0.0182. The standard InChI is InChI=1S/C14H15NO6/c16-13(17)11-8-10(6-7-12(11)15(19)20)21-14(18)9-4-2-1-3-5-9/h6-9H,1-5H2,(H,16,17)/p-1. The van der Waals surface area contributed by atoms with Crippen LogP contribution >= 0.6 is 0 Å². The second kappa shape index (κ2) is 6.34. The molecule has 0 aliphatic heterocycles. The summed E-state index contributed by atoms with van der Waals surface area (Å²) in [6.45, 7) is 0. The first-order valence-corrected chi connectivity index (χ1v) is 6.70. The maximum Gasteiger partial charge on any atom is 0.314 e. The van der Waals surface area contributed by atoms with Crippen LogP contribution in [0.15, 0.2) is 18.2 Å². The molecule has 1 fully saturated rings. The Labute approximate surface area is 120 Å². The lowest BCUT2D eigenvalue weighted by Crippen LogP contribution is -2.25. The summed E-state index contributed by atoms with van der Waals surface area (Å²) in [4.78, 5) is 32.8. The Morgan fingerprint density at radius 1 is 1.19 bits per heavy atom. The van der Waals surface area contributed by atoms with Gasteiger partial charge >= 0.3 is 5.97 Å².